The summed E-state index contributed by atoms with van der Waals surface area (Å²) in [6, 6.07) is 2.30. The van der Waals surface area contributed by atoms with E-state index in [0.717, 1.165) is 38.8 Å². The second-order valence-electron chi connectivity index (χ2n) is 5.93. The van der Waals surface area contributed by atoms with Crippen molar-refractivity contribution in [3.8, 4) is 6.07 Å². The number of nitrogens with one attached hydrogen (secondary N) is 1. The van der Waals surface area contributed by atoms with Crippen LogP contribution < -0.4 is 5.32 Å². The fraction of sp³-hybridized carbons (Fsp3) is 0.923. The molecule has 0 amide bonds. The van der Waals surface area contributed by atoms with Crippen molar-refractivity contribution in [2.45, 2.75) is 39.5 Å². The lowest BCUT2D eigenvalue weighted by Crippen LogP contribution is -2.24. The summed E-state index contributed by atoms with van der Waals surface area (Å²) in [6.45, 7) is 5.65. The van der Waals surface area contributed by atoms with E-state index in [1.165, 1.54) is 0 Å². The van der Waals surface area contributed by atoms with E-state index in [4.69, 9.17) is 5.26 Å². The zero-order chi connectivity index (χ0) is 13.6. The lowest BCUT2D eigenvalue weighted by molar-refractivity contribution is 0.418. The Morgan fingerprint density at radius 3 is 2.67 bits per heavy atom. The van der Waals surface area contributed by atoms with Crippen LogP contribution in [0.1, 0.15) is 39.5 Å². The standard InChI is InChI=1S/C13H24N2O2S/c1-13(2,11-14)6-3-4-7-15-9-12-5-8-18(16,17)10-12/h12,15H,3-10H2,1-2H3. The summed E-state index contributed by atoms with van der Waals surface area (Å²) in [5.74, 6) is 1.00. The summed E-state index contributed by atoms with van der Waals surface area (Å²) in [6.07, 6.45) is 3.81. The van der Waals surface area contributed by atoms with Gasteiger partial charge in [-0.25, -0.2) is 8.42 Å². The van der Waals surface area contributed by atoms with Crippen LogP contribution in [0.2, 0.25) is 0 Å². The van der Waals surface area contributed by atoms with Gasteiger partial charge in [-0.05, 0) is 52.1 Å². The van der Waals surface area contributed by atoms with Crippen LogP contribution in [-0.4, -0.2) is 33.0 Å². The molecule has 5 heteroatoms. The third-order valence-electron chi connectivity index (χ3n) is 3.47. The molecule has 0 saturated carbocycles. The molecule has 0 aromatic rings. The minimum Gasteiger partial charge on any atom is -0.316 e. The number of sulfone groups is 1. The van der Waals surface area contributed by atoms with E-state index >= 15 is 0 Å². The number of nitrogens with zero attached hydrogens (tertiary/aromatic N) is 1. The molecule has 1 aliphatic rings. The molecule has 0 aromatic heterocycles. The highest BCUT2D eigenvalue weighted by Crippen LogP contribution is 2.21. The number of hydrogen-bond donors (Lipinski definition) is 1. The minimum absolute atomic E-state index is 0.223. The summed E-state index contributed by atoms with van der Waals surface area (Å²) in [4.78, 5) is 0. The quantitative estimate of drug-likeness (QED) is 0.717. The third kappa shape index (κ3) is 5.83. The normalized spacial score (nSPS) is 22.8. The first kappa shape index (κ1) is 15.5. The topological polar surface area (TPSA) is 70.0 Å². The molecule has 4 nitrogen and oxygen atoms in total. The molecular formula is C13H24N2O2S. The van der Waals surface area contributed by atoms with Crippen molar-refractivity contribution in [1.82, 2.24) is 5.32 Å². The van der Waals surface area contributed by atoms with Crippen LogP contribution in [-0.2, 0) is 9.84 Å². The summed E-state index contributed by atoms with van der Waals surface area (Å²) < 4.78 is 22.5. The molecule has 0 bridgehead atoms. The molecule has 1 heterocycles. The van der Waals surface area contributed by atoms with Crippen LogP contribution >= 0.6 is 0 Å². The Hall–Kier alpha value is -0.600. The number of hydrogen-bond acceptors (Lipinski definition) is 4. The second kappa shape index (κ2) is 6.53. The molecule has 0 aliphatic carbocycles. The van der Waals surface area contributed by atoms with Crippen molar-refractivity contribution in [2.24, 2.45) is 11.3 Å². The monoisotopic (exact) mass is 272 g/mol. The van der Waals surface area contributed by atoms with Gasteiger partial charge in [-0.15, -0.1) is 0 Å². The Labute approximate surface area is 111 Å². The van der Waals surface area contributed by atoms with Gasteiger partial charge in [-0.3, -0.25) is 0 Å². The number of rotatable bonds is 7. The fourth-order valence-corrected chi connectivity index (χ4v) is 4.07. The largest absolute Gasteiger partial charge is 0.316 e. The van der Waals surface area contributed by atoms with E-state index in [1.54, 1.807) is 0 Å². The molecule has 1 atom stereocenters. The van der Waals surface area contributed by atoms with Crippen molar-refractivity contribution in [1.29, 1.82) is 5.26 Å². The van der Waals surface area contributed by atoms with Gasteiger partial charge in [-0.1, -0.05) is 6.42 Å². The molecule has 0 radical (unpaired) electrons. The first-order chi connectivity index (χ1) is 8.35. The van der Waals surface area contributed by atoms with Gasteiger partial charge in [0.15, 0.2) is 9.84 Å². The summed E-state index contributed by atoms with van der Waals surface area (Å²) >= 11 is 0. The Morgan fingerprint density at radius 1 is 1.39 bits per heavy atom. The van der Waals surface area contributed by atoms with Gasteiger partial charge in [0.2, 0.25) is 0 Å². The average molecular weight is 272 g/mol. The summed E-state index contributed by atoms with van der Waals surface area (Å²) in [5.41, 5.74) is -0.223. The Morgan fingerprint density at radius 2 is 2.11 bits per heavy atom. The van der Waals surface area contributed by atoms with Crippen molar-refractivity contribution in [3.63, 3.8) is 0 Å². The highest BCUT2D eigenvalue weighted by Gasteiger charge is 2.27. The number of unbranched alkanes of at least 4 members (excludes halogenated alkanes) is 1. The molecule has 18 heavy (non-hydrogen) atoms. The van der Waals surface area contributed by atoms with Gasteiger partial charge >= 0.3 is 0 Å². The maximum atomic E-state index is 11.3. The molecule has 1 rings (SSSR count). The average Bonchev–Trinajstić information content (AvgIpc) is 2.63. The Bertz CT molecular complexity index is 396. The van der Waals surface area contributed by atoms with Gasteiger partial charge < -0.3 is 5.32 Å². The lowest BCUT2D eigenvalue weighted by atomic mass is 9.89. The van der Waals surface area contributed by atoms with E-state index in [9.17, 15) is 8.42 Å². The summed E-state index contributed by atoms with van der Waals surface area (Å²) in [5, 5.41) is 12.2. The Balaban J connectivity index is 2.02. The second-order valence-corrected chi connectivity index (χ2v) is 8.15. The van der Waals surface area contributed by atoms with Crippen LogP contribution in [0.25, 0.3) is 0 Å². The molecular weight excluding hydrogens is 248 g/mol. The van der Waals surface area contributed by atoms with E-state index in [1.807, 2.05) is 13.8 Å². The van der Waals surface area contributed by atoms with Crippen LogP contribution in [0.4, 0.5) is 0 Å². The van der Waals surface area contributed by atoms with Crippen LogP contribution in [0, 0.1) is 22.7 Å². The first-order valence-electron chi connectivity index (χ1n) is 6.67. The molecule has 1 N–H and O–H groups in total. The Kier molecular flexibility index (Phi) is 5.61. The van der Waals surface area contributed by atoms with Crippen molar-refractivity contribution < 1.29 is 8.42 Å². The van der Waals surface area contributed by atoms with Crippen molar-refractivity contribution >= 4 is 9.84 Å². The van der Waals surface area contributed by atoms with Gasteiger partial charge in [0, 0.05) is 0 Å². The molecule has 1 unspecified atom stereocenters. The van der Waals surface area contributed by atoms with Crippen LogP contribution in [0.3, 0.4) is 0 Å². The smallest absolute Gasteiger partial charge is 0.150 e. The molecule has 1 saturated heterocycles. The SMILES string of the molecule is CC(C)(C#N)CCCCNCC1CCS(=O)(=O)C1. The molecule has 0 aromatic carbocycles. The predicted molar refractivity (Wildman–Crippen MR) is 72.9 cm³/mol. The zero-order valence-electron chi connectivity index (χ0n) is 11.4. The fourth-order valence-electron chi connectivity index (χ4n) is 2.21. The lowest BCUT2D eigenvalue weighted by Gasteiger charge is -2.14. The van der Waals surface area contributed by atoms with Gasteiger partial charge in [0.25, 0.3) is 0 Å². The van der Waals surface area contributed by atoms with Gasteiger partial charge in [-0.2, -0.15) is 5.26 Å². The third-order valence-corrected chi connectivity index (χ3v) is 5.30. The van der Waals surface area contributed by atoms with Crippen molar-refractivity contribution in [2.75, 3.05) is 24.6 Å². The van der Waals surface area contributed by atoms with E-state index in [-0.39, 0.29) is 5.41 Å². The van der Waals surface area contributed by atoms with Gasteiger partial charge in [0.1, 0.15) is 0 Å². The minimum atomic E-state index is -2.74. The predicted octanol–water partition coefficient (Wildman–Crippen LogP) is 1.73. The van der Waals surface area contributed by atoms with Gasteiger partial charge in [0.05, 0.1) is 23.0 Å². The molecule has 1 aliphatic heterocycles. The van der Waals surface area contributed by atoms with E-state index in [0.29, 0.717) is 17.4 Å². The number of nitriles is 1. The van der Waals surface area contributed by atoms with Crippen LogP contribution in [0.15, 0.2) is 0 Å². The highest BCUT2D eigenvalue weighted by molar-refractivity contribution is 7.91. The van der Waals surface area contributed by atoms with E-state index < -0.39 is 9.84 Å². The molecule has 1 fully saturated rings. The molecule has 0 spiro atoms. The maximum Gasteiger partial charge on any atom is 0.150 e. The van der Waals surface area contributed by atoms with Crippen molar-refractivity contribution in [3.05, 3.63) is 0 Å². The van der Waals surface area contributed by atoms with Crippen LogP contribution in [0.5, 0.6) is 0 Å². The maximum absolute atomic E-state index is 11.3. The highest BCUT2D eigenvalue weighted by atomic mass is 32.2. The molecule has 104 valence electrons. The zero-order valence-corrected chi connectivity index (χ0v) is 12.2. The first-order valence-corrected chi connectivity index (χ1v) is 8.49. The van der Waals surface area contributed by atoms with E-state index in [2.05, 4.69) is 11.4 Å². The summed E-state index contributed by atoms with van der Waals surface area (Å²) in [7, 11) is -2.74.